The molecule has 1 aliphatic rings. The highest BCUT2D eigenvalue weighted by Gasteiger charge is 2.08. The molecule has 13 heavy (non-hydrogen) atoms. The standard InChI is InChI=1S/C11H15NS/c1-3-4-9-5-6-11-10(7-9)12-8(2)13-11/h6-7,9H,3-5H2,1-2H3. The summed E-state index contributed by atoms with van der Waals surface area (Å²) in [6.45, 7) is 4.33. The summed E-state index contributed by atoms with van der Waals surface area (Å²) < 4.78 is 1.38. The Hall–Kier alpha value is -0.630. The molecule has 2 heteroatoms. The quantitative estimate of drug-likeness (QED) is 0.698. The van der Waals surface area contributed by atoms with Crippen molar-refractivity contribution in [1.29, 1.82) is 0 Å². The van der Waals surface area contributed by atoms with Crippen LogP contribution < -0.4 is 9.88 Å². The second-order valence-electron chi connectivity index (χ2n) is 3.64. The van der Waals surface area contributed by atoms with Crippen LogP contribution in [0.2, 0.25) is 0 Å². The zero-order valence-corrected chi connectivity index (χ0v) is 9.03. The average molecular weight is 193 g/mol. The van der Waals surface area contributed by atoms with Crippen LogP contribution in [0.3, 0.4) is 0 Å². The van der Waals surface area contributed by atoms with E-state index in [0.717, 1.165) is 5.92 Å². The third-order valence-corrected chi connectivity index (χ3v) is 3.43. The number of hydrogen-bond acceptors (Lipinski definition) is 2. The molecule has 0 aliphatic heterocycles. The Labute approximate surface area is 82.8 Å². The first kappa shape index (κ1) is 8.95. The van der Waals surface area contributed by atoms with Gasteiger partial charge in [-0.1, -0.05) is 25.5 Å². The molecule has 2 rings (SSSR count). The smallest absolute Gasteiger partial charge is 0.0907 e. The largest absolute Gasteiger partial charge is 0.242 e. The van der Waals surface area contributed by atoms with Gasteiger partial charge in [0.15, 0.2) is 0 Å². The van der Waals surface area contributed by atoms with Crippen LogP contribution in [0.25, 0.3) is 12.2 Å². The van der Waals surface area contributed by atoms with Crippen LogP contribution in [-0.4, -0.2) is 4.98 Å². The molecule has 0 bridgehead atoms. The Balaban J connectivity index is 2.37. The van der Waals surface area contributed by atoms with Gasteiger partial charge in [-0.3, -0.25) is 0 Å². The molecule has 0 amide bonds. The number of rotatable bonds is 2. The topological polar surface area (TPSA) is 12.9 Å². The zero-order chi connectivity index (χ0) is 9.26. The zero-order valence-electron chi connectivity index (χ0n) is 8.21. The summed E-state index contributed by atoms with van der Waals surface area (Å²) in [7, 11) is 0. The minimum Gasteiger partial charge on any atom is -0.242 e. The molecule has 0 saturated carbocycles. The first-order valence-corrected chi connectivity index (χ1v) is 5.76. The maximum Gasteiger partial charge on any atom is 0.0907 e. The van der Waals surface area contributed by atoms with Crippen molar-refractivity contribution in [3.8, 4) is 0 Å². The number of fused-ring (bicyclic) bond motifs is 1. The van der Waals surface area contributed by atoms with Gasteiger partial charge in [0.25, 0.3) is 0 Å². The lowest BCUT2D eigenvalue weighted by Crippen LogP contribution is -2.26. The molecule has 0 aromatic carbocycles. The van der Waals surface area contributed by atoms with Gasteiger partial charge in [0.1, 0.15) is 0 Å². The summed E-state index contributed by atoms with van der Waals surface area (Å²) in [6.07, 6.45) is 8.48. The molecule has 1 atom stereocenters. The number of hydrogen-bond donors (Lipinski definition) is 0. The minimum atomic E-state index is 0.735. The molecule has 0 saturated heterocycles. The molecule has 1 nitrogen and oxygen atoms in total. The normalized spacial score (nSPS) is 20.3. The SMILES string of the molecule is CCCC1C=c2nc(C)sc2=CC1. The summed E-state index contributed by atoms with van der Waals surface area (Å²) >= 11 is 1.81. The van der Waals surface area contributed by atoms with E-state index >= 15 is 0 Å². The Morgan fingerprint density at radius 2 is 2.46 bits per heavy atom. The summed E-state index contributed by atoms with van der Waals surface area (Å²) in [5, 5.41) is 2.42. The molecule has 0 N–H and O–H groups in total. The number of thiazole rings is 1. The maximum absolute atomic E-state index is 4.52. The van der Waals surface area contributed by atoms with Crippen molar-refractivity contribution in [2.24, 2.45) is 5.92 Å². The lowest BCUT2D eigenvalue weighted by Gasteiger charge is -2.09. The summed E-state index contributed by atoms with van der Waals surface area (Å²) in [6, 6.07) is 0. The summed E-state index contributed by atoms with van der Waals surface area (Å²) in [5.41, 5.74) is 0. The third-order valence-electron chi connectivity index (χ3n) is 2.45. The molecule has 0 radical (unpaired) electrons. The summed E-state index contributed by atoms with van der Waals surface area (Å²) in [5.74, 6) is 0.735. The molecule has 1 aromatic heterocycles. The molecular formula is C11H15NS. The van der Waals surface area contributed by atoms with Crippen LogP contribution in [-0.2, 0) is 0 Å². The predicted octanol–water partition coefficient (Wildman–Crippen LogP) is 1.83. The Morgan fingerprint density at radius 3 is 3.23 bits per heavy atom. The number of aryl methyl sites for hydroxylation is 1. The van der Waals surface area contributed by atoms with Crippen LogP contribution >= 0.6 is 11.3 Å². The van der Waals surface area contributed by atoms with E-state index in [0.29, 0.717) is 0 Å². The minimum absolute atomic E-state index is 0.735. The van der Waals surface area contributed by atoms with Gasteiger partial charge in [0.2, 0.25) is 0 Å². The maximum atomic E-state index is 4.52. The van der Waals surface area contributed by atoms with E-state index in [9.17, 15) is 0 Å². The van der Waals surface area contributed by atoms with Crippen molar-refractivity contribution in [2.75, 3.05) is 0 Å². The van der Waals surface area contributed by atoms with Crippen LogP contribution in [0.5, 0.6) is 0 Å². The third kappa shape index (κ3) is 1.83. The van der Waals surface area contributed by atoms with Gasteiger partial charge in [-0.2, -0.15) is 0 Å². The van der Waals surface area contributed by atoms with Gasteiger partial charge < -0.3 is 0 Å². The molecule has 1 unspecified atom stereocenters. The summed E-state index contributed by atoms with van der Waals surface area (Å²) in [4.78, 5) is 4.52. The molecule has 0 spiro atoms. The van der Waals surface area contributed by atoms with E-state index < -0.39 is 0 Å². The van der Waals surface area contributed by atoms with Crippen molar-refractivity contribution in [2.45, 2.75) is 33.1 Å². The van der Waals surface area contributed by atoms with Gasteiger partial charge in [-0.25, -0.2) is 4.98 Å². The number of aromatic nitrogens is 1. The average Bonchev–Trinajstić information content (AvgIpc) is 2.44. The molecule has 1 aliphatic carbocycles. The lowest BCUT2D eigenvalue weighted by atomic mass is 9.97. The van der Waals surface area contributed by atoms with Gasteiger partial charge >= 0.3 is 0 Å². The molecule has 70 valence electrons. The fourth-order valence-electron chi connectivity index (χ4n) is 1.85. The monoisotopic (exact) mass is 193 g/mol. The Bertz CT molecular complexity index is 402. The Kier molecular flexibility index (Phi) is 2.49. The van der Waals surface area contributed by atoms with Crippen molar-refractivity contribution in [3.05, 3.63) is 14.9 Å². The van der Waals surface area contributed by atoms with Crippen molar-refractivity contribution < 1.29 is 0 Å². The van der Waals surface area contributed by atoms with Crippen molar-refractivity contribution in [1.82, 2.24) is 4.98 Å². The van der Waals surface area contributed by atoms with E-state index in [-0.39, 0.29) is 0 Å². The number of nitrogens with zero attached hydrogens (tertiary/aromatic N) is 1. The van der Waals surface area contributed by atoms with Gasteiger partial charge in [-0.05, 0) is 25.7 Å². The predicted molar refractivity (Wildman–Crippen MR) is 58.0 cm³/mol. The molecule has 1 heterocycles. The van der Waals surface area contributed by atoms with E-state index in [4.69, 9.17) is 0 Å². The van der Waals surface area contributed by atoms with E-state index in [2.05, 4.69) is 31.0 Å². The molecule has 0 fully saturated rings. The lowest BCUT2D eigenvalue weighted by molar-refractivity contribution is 0.623. The van der Waals surface area contributed by atoms with E-state index in [1.54, 1.807) is 0 Å². The van der Waals surface area contributed by atoms with Crippen LogP contribution in [0.4, 0.5) is 0 Å². The van der Waals surface area contributed by atoms with Gasteiger partial charge in [0.05, 0.1) is 14.9 Å². The molecular weight excluding hydrogens is 178 g/mol. The van der Waals surface area contributed by atoms with Crippen molar-refractivity contribution >= 4 is 23.5 Å². The first-order chi connectivity index (χ1) is 6.29. The van der Waals surface area contributed by atoms with Gasteiger partial charge in [-0.15, -0.1) is 11.3 Å². The fourth-order valence-corrected chi connectivity index (χ4v) is 2.71. The van der Waals surface area contributed by atoms with Crippen molar-refractivity contribution in [3.63, 3.8) is 0 Å². The van der Waals surface area contributed by atoms with Crippen LogP contribution in [0.15, 0.2) is 0 Å². The van der Waals surface area contributed by atoms with Crippen LogP contribution in [0.1, 0.15) is 31.2 Å². The van der Waals surface area contributed by atoms with Crippen LogP contribution in [0, 0.1) is 12.8 Å². The second-order valence-corrected chi connectivity index (χ2v) is 4.87. The molecule has 1 aromatic rings. The first-order valence-electron chi connectivity index (χ1n) is 4.95. The van der Waals surface area contributed by atoms with E-state index in [1.165, 1.54) is 34.2 Å². The van der Waals surface area contributed by atoms with Gasteiger partial charge in [0, 0.05) is 0 Å². The fraction of sp³-hybridized carbons (Fsp3) is 0.545. The highest BCUT2D eigenvalue weighted by molar-refractivity contribution is 7.09. The Morgan fingerprint density at radius 1 is 1.62 bits per heavy atom. The highest BCUT2D eigenvalue weighted by atomic mass is 32.1. The second kappa shape index (κ2) is 3.62. The highest BCUT2D eigenvalue weighted by Crippen LogP contribution is 2.15. The van der Waals surface area contributed by atoms with E-state index in [1.807, 2.05) is 11.3 Å².